The molecule has 2 aliphatic heterocycles. The third-order valence-electron chi connectivity index (χ3n) is 5.57. The van der Waals surface area contributed by atoms with Crippen LogP contribution in [0.2, 0.25) is 0 Å². The summed E-state index contributed by atoms with van der Waals surface area (Å²) >= 11 is 0. The Morgan fingerprint density at radius 1 is 1.03 bits per heavy atom. The topological polar surface area (TPSA) is 59.1 Å². The molecule has 4 rings (SSSR count). The van der Waals surface area contributed by atoms with E-state index in [2.05, 4.69) is 0 Å². The van der Waals surface area contributed by atoms with Gasteiger partial charge in [0.15, 0.2) is 11.5 Å². The summed E-state index contributed by atoms with van der Waals surface area (Å²) in [4.78, 5) is 29.5. The van der Waals surface area contributed by atoms with Crippen molar-refractivity contribution in [1.29, 1.82) is 0 Å². The first-order valence-electron chi connectivity index (χ1n) is 10.2. The number of carbonyl (C=O) groups is 2. The monoisotopic (exact) mass is 394 g/mol. The molecule has 6 heteroatoms. The summed E-state index contributed by atoms with van der Waals surface area (Å²) in [6, 6.07) is 10.9. The number of imide groups is 1. The number of carbonyl (C=O) groups excluding carboxylic acids is 2. The second-order valence-electron chi connectivity index (χ2n) is 7.33. The van der Waals surface area contributed by atoms with E-state index in [0.29, 0.717) is 31.2 Å². The lowest BCUT2D eigenvalue weighted by Crippen LogP contribution is -2.55. The van der Waals surface area contributed by atoms with Crippen molar-refractivity contribution >= 4 is 17.6 Å². The lowest BCUT2D eigenvalue weighted by atomic mass is 9.88. The van der Waals surface area contributed by atoms with Crippen molar-refractivity contribution in [2.75, 3.05) is 24.7 Å². The van der Waals surface area contributed by atoms with Gasteiger partial charge in [0, 0.05) is 6.54 Å². The van der Waals surface area contributed by atoms with Crippen molar-refractivity contribution in [3.63, 3.8) is 0 Å². The number of fused-ring (bicyclic) bond motifs is 3. The van der Waals surface area contributed by atoms with E-state index in [1.165, 1.54) is 4.90 Å². The SMILES string of the molecule is CCOc1cc2c(cc1OCC)C1CC(=O)N(c3ccccc3C)C(=O)N1CC2. The summed E-state index contributed by atoms with van der Waals surface area (Å²) in [6.07, 6.45) is 0.979. The second-order valence-corrected chi connectivity index (χ2v) is 7.33. The van der Waals surface area contributed by atoms with Gasteiger partial charge in [-0.25, -0.2) is 9.69 Å². The van der Waals surface area contributed by atoms with Crippen LogP contribution in [0.3, 0.4) is 0 Å². The third kappa shape index (κ3) is 3.33. The first-order chi connectivity index (χ1) is 14.0. The molecule has 0 aliphatic carbocycles. The fraction of sp³-hybridized carbons (Fsp3) is 0.391. The molecule has 2 heterocycles. The van der Waals surface area contributed by atoms with Crippen molar-refractivity contribution < 1.29 is 19.1 Å². The van der Waals surface area contributed by atoms with Gasteiger partial charge in [-0.2, -0.15) is 0 Å². The standard InChI is InChI=1S/C23H26N2O4/c1-4-28-20-12-16-10-11-24-19(17(16)13-21(20)29-5-2)14-22(26)25(23(24)27)18-9-7-6-8-15(18)3/h6-9,12-13,19H,4-5,10-11,14H2,1-3H3. The Labute approximate surface area is 171 Å². The van der Waals surface area contributed by atoms with Gasteiger partial charge in [0.1, 0.15) is 0 Å². The molecule has 1 atom stereocenters. The molecule has 152 valence electrons. The number of rotatable bonds is 5. The molecule has 2 aromatic carbocycles. The summed E-state index contributed by atoms with van der Waals surface area (Å²) in [5.74, 6) is 1.21. The molecule has 0 N–H and O–H groups in total. The zero-order chi connectivity index (χ0) is 20.5. The fourth-order valence-corrected chi connectivity index (χ4v) is 4.24. The maximum absolute atomic E-state index is 13.3. The van der Waals surface area contributed by atoms with E-state index in [0.717, 1.165) is 28.9 Å². The highest BCUT2D eigenvalue weighted by atomic mass is 16.5. The molecule has 0 aromatic heterocycles. The first-order valence-corrected chi connectivity index (χ1v) is 10.2. The molecule has 1 unspecified atom stereocenters. The Hall–Kier alpha value is -3.02. The van der Waals surface area contributed by atoms with Gasteiger partial charge in [0.05, 0.1) is 31.4 Å². The number of urea groups is 1. The van der Waals surface area contributed by atoms with E-state index in [1.807, 2.05) is 62.1 Å². The molecule has 2 aliphatic rings. The number of benzene rings is 2. The largest absolute Gasteiger partial charge is 0.490 e. The van der Waals surface area contributed by atoms with Crippen molar-refractivity contribution in [3.8, 4) is 11.5 Å². The van der Waals surface area contributed by atoms with Crippen LogP contribution < -0.4 is 14.4 Å². The quantitative estimate of drug-likeness (QED) is 0.761. The molecule has 0 saturated carbocycles. The van der Waals surface area contributed by atoms with Crippen LogP contribution in [0.5, 0.6) is 11.5 Å². The molecular formula is C23H26N2O4. The smallest absolute Gasteiger partial charge is 0.331 e. The van der Waals surface area contributed by atoms with E-state index in [9.17, 15) is 9.59 Å². The number of amides is 3. The number of hydrogen-bond donors (Lipinski definition) is 0. The number of para-hydroxylation sites is 1. The minimum atomic E-state index is -0.270. The van der Waals surface area contributed by atoms with E-state index < -0.39 is 0 Å². The highest BCUT2D eigenvalue weighted by molar-refractivity contribution is 6.16. The Morgan fingerprint density at radius 2 is 1.72 bits per heavy atom. The van der Waals surface area contributed by atoms with Crippen molar-refractivity contribution in [1.82, 2.24) is 4.90 Å². The van der Waals surface area contributed by atoms with Crippen LogP contribution in [0.4, 0.5) is 10.5 Å². The average Bonchev–Trinajstić information content (AvgIpc) is 2.70. The Kier molecular flexibility index (Phi) is 5.18. The summed E-state index contributed by atoms with van der Waals surface area (Å²) in [7, 11) is 0. The fourth-order valence-electron chi connectivity index (χ4n) is 4.24. The summed E-state index contributed by atoms with van der Waals surface area (Å²) in [5, 5.41) is 0. The van der Waals surface area contributed by atoms with Crippen LogP contribution in [-0.2, 0) is 11.2 Å². The molecule has 2 aromatic rings. The molecule has 3 amide bonds. The van der Waals surface area contributed by atoms with Crippen LogP contribution in [0.25, 0.3) is 0 Å². The maximum atomic E-state index is 13.3. The molecule has 1 saturated heterocycles. The molecule has 0 bridgehead atoms. The lowest BCUT2D eigenvalue weighted by molar-refractivity contribution is -0.120. The first kappa shape index (κ1) is 19.3. The molecule has 0 radical (unpaired) electrons. The zero-order valence-corrected chi connectivity index (χ0v) is 17.1. The van der Waals surface area contributed by atoms with Gasteiger partial charge in [0.25, 0.3) is 0 Å². The average molecular weight is 394 g/mol. The number of nitrogens with zero attached hydrogens (tertiary/aromatic N) is 2. The Bertz CT molecular complexity index is 956. The van der Waals surface area contributed by atoms with Crippen LogP contribution >= 0.6 is 0 Å². The molecular weight excluding hydrogens is 368 g/mol. The summed E-state index contributed by atoms with van der Waals surface area (Å²) in [6.45, 7) is 7.43. The summed E-state index contributed by atoms with van der Waals surface area (Å²) in [5.41, 5.74) is 3.66. The van der Waals surface area contributed by atoms with E-state index >= 15 is 0 Å². The maximum Gasteiger partial charge on any atom is 0.331 e. The Morgan fingerprint density at radius 3 is 2.41 bits per heavy atom. The minimum Gasteiger partial charge on any atom is -0.490 e. The van der Waals surface area contributed by atoms with Crippen molar-refractivity contribution in [3.05, 3.63) is 53.1 Å². The summed E-state index contributed by atoms with van der Waals surface area (Å²) < 4.78 is 11.5. The number of anilines is 1. The highest BCUT2D eigenvalue weighted by Crippen LogP contribution is 2.42. The van der Waals surface area contributed by atoms with Gasteiger partial charge in [-0.05, 0) is 62.1 Å². The van der Waals surface area contributed by atoms with Gasteiger partial charge in [-0.1, -0.05) is 18.2 Å². The van der Waals surface area contributed by atoms with Gasteiger partial charge in [-0.15, -0.1) is 0 Å². The van der Waals surface area contributed by atoms with E-state index in [4.69, 9.17) is 9.47 Å². The lowest BCUT2D eigenvalue weighted by Gasteiger charge is -2.44. The number of aryl methyl sites for hydroxylation is 1. The van der Waals surface area contributed by atoms with Gasteiger partial charge in [-0.3, -0.25) is 4.79 Å². The van der Waals surface area contributed by atoms with Gasteiger partial charge >= 0.3 is 6.03 Å². The van der Waals surface area contributed by atoms with Crippen LogP contribution in [0.15, 0.2) is 36.4 Å². The van der Waals surface area contributed by atoms with E-state index in [1.54, 1.807) is 0 Å². The van der Waals surface area contributed by atoms with Gasteiger partial charge < -0.3 is 14.4 Å². The predicted molar refractivity (Wildman–Crippen MR) is 111 cm³/mol. The normalized spacial score (nSPS) is 18.4. The minimum absolute atomic E-state index is 0.176. The van der Waals surface area contributed by atoms with Crippen LogP contribution in [-0.4, -0.2) is 36.6 Å². The molecule has 29 heavy (non-hydrogen) atoms. The van der Waals surface area contributed by atoms with E-state index in [-0.39, 0.29) is 24.4 Å². The number of hydrogen-bond acceptors (Lipinski definition) is 4. The number of ether oxygens (including phenoxy) is 2. The second kappa shape index (κ2) is 7.78. The third-order valence-corrected chi connectivity index (χ3v) is 5.57. The molecule has 6 nitrogen and oxygen atoms in total. The predicted octanol–water partition coefficient (Wildman–Crippen LogP) is 4.25. The van der Waals surface area contributed by atoms with Crippen LogP contribution in [0, 0.1) is 6.92 Å². The molecule has 1 fully saturated rings. The zero-order valence-electron chi connectivity index (χ0n) is 17.1. The van der Waals surface area contributed by atoms with Crippen molar-refractivity contribution in [2.24, 2.45) is 0 Å². The molecule has 0 spiro atoms. The van der Waals surface area contributed by atoms with Crippen LogP contribution in [0.1, 0.15) is 43.0 Å². The highest BCUT2D eigenvalue weighted by Gasteiger charge is 2.43. The van der Waals surface area contributed by atoms with Crippen molar-refractivity contribution in [2.45, 2.75) is 39.7 Å². The van der Waals surface area contributed by atoms with Gasteiger partial charge in [0.2, 0.25) is 5.91 Å². The Balaban J connectivity index is 1.71.